The Morgan fingerprint density at radius 3 is 3.04 bits per heavy atom. The second-order valence-corrected chi connectivity index (χ2v) is 8.56. The third-order valence-electron chi connectivity index (χ3n) is 4.37. The summed E-state index contributed by atoms with van der Waals surface area (Å²) in [5.74, 6) is 0.0213. The number of tetrazole rings is 1. The molecule has 13 heteroatoms. The standard InChI is InChI=1S/C15H18N8O3S2/c1-7(2)23-15(19-20-21-23)28-6-8-5-27-12-9(18-14-16-3-4-17-14)11(24)22(12)10(8)13(25)26/h3-4,7,9,12H,5-6H2,1-2H3,(H,25,26)(H2,16,17,18)/t9?,12-/m0/s1. The van der Waals surface area contributed by atoms with Crippen LogP contribution in [-0.4, -0.2) is 75.0 Å². The van der Waals surface area contributed by atoms with E-state index in [1.165, 1.54) is 28.4 Å². The third kappa shape index (κ3) is 3.24. The fourth-order valence-corrected chi connectivity index (χ4v) is 5.53. The van der Waals surface area contributed by atoms with Gasteiger partial charge in [0.15, 0.2) is 0 Å². The molecule has 11 nitrogen and oxygen atoms in total. The van der Waals surface area contributed by atoms with Gasteiger partial charge in [-0.2, -0.15) is 0 Å². The number of hydrogen-bond acceptors (Lipinski definition) is 9. The number of aliphatic carboxylic acids is 1. The van der Waals surface area contributed by atoms with Crippen LogP contribution in [0.2, 0.25) is 0 Å². The molecule has 2 aliphatic heterocycles. The van der Waals surface area contributed by atoms with Crippen molar-refractivity contribution in [3.05, 3.63) is 23.7 Å². The number of hydrogen-bond donors (Lipinski definition) is 3. The molecule has 1 saturated heterocycles. The number of fused-ring (bicyclic) bond motifs is 1. The highest BCUT2D eigenvalue weighted by atomic mass is 32.2. The molecule has 2 aromatic rings. The molecule has 0 aliphatic carbocycles. The maximum absolute atomic E-state index is 12.6. The number of carboxylic acid groups (broad SMARTS) is 1. The molecule has 3 N–H and O–H groups in total. The molecule has 0 radical (unpaired) electrons. The first-order valence-corrected chi connectivity index (χ1v) is 10.6. The van der Waals surface area contributed by atoms with Gasteiger partial charge in [0.2, 0.25) is 11.1 Å². The van der Waals surface area contributed by atoms with E-state index in [0.717, 1.165) is 0 Å². The Morgan fingerprint density at radius 1 is 1.54 bits per heavy atom. The van der Waals surface area contributed by atoms with E-state index in [-0.39, 0.29) is 23.0 Å². The zero-order valence-corrected chi connectivity index (χ0v) is 16.7. The van der Waals surface area contributed by atoms with E-state index in [2.05, 4.69) is 30.8 Å². The third-order valence-corrected chi connectivity index (χ3v) is 6.73. The first-order valence-electron chi connectivity index (χ1n) is 8.54. The molecule has 2 aliphatic rings. The number of aromatic amines is 1. The Labute approximate surface area is 168 Å². The van der Waals surface area contributed by atoms with Crippen molar-refractivity contribution in [2.24, 2.45) is 0 Å². The molecule has 1 fully saturated rings. The number of amides is 1. The highest BCUT2D eigenvalue weighted by molar-refractivity contribution is 8.01. The van der Waals surface area contributed by atoms with Crippen LogP contribution >= 0.6 is 23.5 Å². The van der Waals surface area contributed by atoms with Gasteiger partial charge in [-0.1, -0.05) is 11.8 Å². The number of carboxylic acids is 1. The number of H-pyrrole nitrogens is 1. The fraction of sp³-hybridized carbons (Fsp3) is 0.467. The quantitative estimate of drug-likeness (QED) is 0.433. The van der Waals surface area contributed by atoms with Gasteiger partial charge < -0.3 is 15.4 Å². The van der Waals surface area contributed by atoms with Crippen LogP contribution in [0.25, 0.3) is 0 Å². The van der Waals surface area contributed by atoms with Crippen LogP contribution in [0.5, 0.6) is 0 Å². The van der Waals surface area contributed by atoms with E-state index in [1.54, 1.807) is 17.1 Å². The fourth-order valence-electron chi connectivity index (χ4n) is 3.04. The predicted octanol–water partition coefficient (Wildman–Crippen LogP) is 0.804. The average Bonchev–Trinajstić information content (AvgIpc) is 3.34. The number of β-lactam (4-membered cyclic amide) rings is 1. The van der Waals surface area contributed by atoms with Crippen molar-refractivity contribution in [2.75, 3.05) is 16.8 Å². The maximum atomic E-state index is 12.6. The number of nitrogens with one attached hydrogen (secondary N) is 2. The second-order valence-electron chi connectivity index (χ2n) is 6.52. The summed E-state index contributed by atoms with van der Waals surface area (Å²) in [6, 6.07) is -0.408. The lowest BCUT2D eigenvalue weighted by Gasteiger charge is -2.49. The van der Waals surface area contributed by atoms with Crippen LogP contribution in [0.3, 0.4) is 0 Å². The minimum atomic E-state index is -1.10. The molecular formula is C15H18N8O3S2. The van der Waals surface area contributed by atoms with Crippen molar-refractivity contribution in [1.82, 2.24) is 35.1 Å². The molecule has 2 atom stereocenters. The number of carbonyl (C=O) groups is 2. The molecule has 4 heterocycles. The van der Waals surface area contributed by atoms with Crippen molar-refractivity contribution < 1.29 is 14.7 Å². The molecule has 0 aromatic carbocycles. The summed E-state index contributed by atoms with van der Waals surface area (Å²) in [6.07, 6.45) is 3.24. The average molecular weight is 422 g/mol. The predicted molar refractivity (Wildman–Crippen MR) is 103 cm³/mol. The summed E-state index contributed by atoms with van der Waals surface area (Å²) in [4.78, 5) is 32.8. The minimum Gasteiger partial charge on any atom is -0.477 e. The largest absolute Gasteiger partial charge is 0.477 e. The molecule has 1 unspecified atom stereocenters. The lowest BCUT2D eigenvalue weighted by atomic mass is 10.0. The molecule has 0 saturated carbocycles. The first kappa shape index (κ1) is 18.8. The van der Waals surface area contributed by atoms with Crippen LogP contribution in [0.4, 0.5) is 5.95 Å². The van der Waals surface area contributed by atoms with Gasteiger partial charge in [0.05, 0.1) is 6.04 Å². The molecule has 0 bridgehead atoms. The van der Waals surface area contributed by atoms with E-state index in [9.17, 15) is 14.7 Å². The van der Waals surface area contributed by atoms with Gasteiger partial charge in [-0.3, -0.25) is 9.69 Å². The summed E-state index contributed by atoms with van der Waals surface area (Å²) < 4.78 is 1.68. The maximum Gasteiger partial charge on any atom is 0.352 e. The lowest BCUT2D eigenvalue weighted by molar-refractivity contribution is -0.147. The van der Waals surface area contributed by atoms with Gasteiger partial charge in [0, 0.05) is 23.9 Å². The van der Waals surface area contributed by atoms with Crippen LogP contribution in [0.1, 0.15) is 19.9 Å². The molecular weight excluding hydrogens is 404 g/mol. The monoisotopic (exact) mass is 422 g/mol. The first-order chi connectivity index (χ1) is 13.5. The highest BCUT2D eigenvalue weighted by Gasteiger charge is 2.53. The van der Waals surface area contributed by atoms with Gasteiger partial charge in [-0.05, 0) is 29.8 Å². The molecule has 0 spiro atoms. The zero-order valence-electron chi connectivity index (χ0n) is 15.1. The van der Waals surface area contributed by atoms with E-state index in [1.807, 2.05) is 13.8 Å². The summed E-state index contributed by atoms with van der Waals surface area (Å²) in [5.41, 5.74) is 0.740. The number of rotatable bonds is 7. The number of aromatic nitrogens is 6. The number of anilines is 1. The Morgan fingerprint density at radius 2 is 2.36 bits per heavy atom. The Balaban J connectivity index is 1.51. The molecule has 148 valence electrons. The van der Waals surface area contributed by atoms with Gasteiger partial charge in [-0.25, -0.2) is 14.5 Å². The van der Waals surface area contributed by atoms with E-state index >= 15 is 0 Å². The van der Waals surface area contributed by atoms with Crippen molar-refractivity contribution in [2.45, 2.75) is 36.5 Å². The molecule has 4 rings (SSSR count). The Kier molecular flexibility index (Phi) is 5.02. The SMILES string of the molecule is CC(C)n1nnnc1SCC1=C(C(=O)O)N2C(=O)C(Nc3ncc[nH]3)[C@@H]2SC1. The van der Waals surface area contributed by atoms with Crippen molar-refractivity contribution in [3.63, 3.8) is 0 Å². The lowest BCUT2D eigenvalue weighted by Crippen LogP contribution is -2.67. The zero-order chi connectivity index (χ0) is 19.8. The second kappa shape index (κ2) is 7.47. The van der Waals surface area contributed by atoms with Crippen LogP contribution in [-0.2, 0) is 9.59 Å². The van der Waals surface area contributed by atoms with E-state index < -0.39 is 12.0 Å². The van der Waals surface area contributed by atoms with Gasteiger partial charge in [-0.15, -0.1) is 16.9 Å². The molecule has 2 aromatic heterocycles. The van der Waals surface area contributed by atoms with Crippen LogP contribution in [0, 0.1) is 0 Å². The Hall–Kier alpha value is -2.54. The number of thioether (sulfide) groups is 2. The highest BCUT2D eigenvalue weighted by Crippen LogP contribution is 2.42. The number of imidazole rings is 1. The topological polar surface area (TPSA) is 142 Å². The van der Waals surface area contributed by atoms with E-state index in [0.29, 0.717) is 28.2 Å². The number of nitrogens with zero attached hydrogens (tertiary/aromatic N) is 6. The van der Waals surface area contributed by atoms with Crippen LogP contribution in [0.15, 0.2) is 28.8 Å². The van der Waals surface area contributed by atoms with Gasteiger partial charge in [0.25, 0.3) is 5.91 Å². The van der Waals surface area contributed by atoms with Crippen molar-refractivity contribution in [3.8, 4) is 0 Å². The van der Waals surface area contributed by atoms with Gasteiger partial charge >= 0.3 is 5.97 Å². The normalized spacial score (nSPS) is 21.7. The minimum absolute atomic E-state index is 0.0577. The smallest absolute Gasteiger partial charge is 0.352 e. The van der Waals surface area contributed by atoms with Crippen molar-refractivity contribution >= 4 is 41.3 Å². The summed E-state index contributed by atoms with van der Waals surface area (Å²) >= 11 is 2.90. The molecule has 1 amide bonds. The summed E-state index contributed by atoms with van der Waals surface area (Å²) in [7, 11) is 0. The summed E-state index contributed by atoms with van der Waals surface area (Å²) in [6.45, 7) is 3.93. The van der Waals surface area contributed by atoms with Gasteiger partial charge in [0.1, 0.15) is 17.1 Å². The molecule has 28 heavy (non-hydrogen) atoms. The summed E-state index contributed by atoms with van der Waals surface area (Å²) in [5, 5.41) is 24.7. The Bertz CT molecular complexity index is 926. The van der Waals surface area contributed by atoms with Crippen molar-refractivity contribution in [1.29, 1.82) is 0 Å². The van der Waals surface area contributed by atoms with Crippen LogP contribution < -0.4 is 5.32 Å². The van der Waals surface area contributed by atoms with E-state index in [4.69, 9.17) is 0 Å². The number of carbonyl (C=O) groups excluding carboxylic acids is 1.